The summed E-state index contributed by atoms with van der Waals surface area (Å²) in [7, 11) is 0. The van der Waals surface area contributed by atoms with E-state index in [1.807, 2.05) is 6.92 Å². The number of carbonyl (C=O) groups is 2. The van der Waals surface area contributed by atoms with Gasteiger partial charge in [-0.3, -0.25) is 9.79 Å². The first-order valence-corrected chi connectivity index (χ1v) is 9.65. The second-order valence-corrected chi connectivity index (χ2v) is 7.34. The summed E-state index contributed by atoms with van der Waals surface area (Å²) in [4.78, 5) is 28.0. The van der Waals surface area contributed by atoms with Crippen LogP contribution in [0.5, 0.6) is 0 Å². The van der Waals surface area contributed by atoms with Gasteiger partial charge in [0.25, 0.3) is 5.91 Å². The lowest BCUT2D eigenvalue weighted by molar-refractivity contribution is 0.0528. The Morgan fingerprint density at radius 2 is 1.73 bits per heavy atom. The van der Waals surface area contributed by atoms with Crippen LogP contribution >= 0.6 is 24.0 Å². The molecule has 0 heterocycles. The average molecular weight is 537 g/mol. The standard InChI is InChI=1S/C20H32FN5O3.HI/c1-6-22-18(25-11-12-26-19(28)29-20(3,4)5)24-10-9-23-17(27)15-8-7-14(2)16(21)13-15;/h7-8,13H,6,9-12H2,1-5H3,(H,23,27)(H,26,28)(H2,22,24,25);1H. The van der Waals surface area contributed by atoms with Crippen LogP contribution in [0.4, 0.5) is 9.18 Å². The molecule has 1 aromatic rings. The number of aliphatic imine (C=N–C) groups is 1. The molecule has 0 saturated carbocycles. The fraction of sp³-hybridized carbons (Fsp3) is 0.550. The highest BCUT2D eigenvalue weighted by Crippen LogP contribution is 2.09. The van der Waals surface area contributed by atoms with E-state index < -0.39 is 17.5 Å². The summed E-state index contributed by atoms with van der Waals surface area (Å²) < 4.78 is 18.7. The van der Waals surface area contributed by atoms with Crippen molar-refractivity contribution in [2.45, 2.75) is 40.2 Å². The molecule has 170 valence electrons. The van der Waals surface area contributed by atoms with Crippen molar-refractivity contribution in [3.8, 4) is 0 Å². The van der Waals surface area contributed by atoms with Gasteiger partial charge in [-0.1, -0.05) is 6.07 Å². The molecule has 0 atom stereocenters. The maximum Gasteiger partial charge on any atom is 0.407 e. The zero-order valence-corrected chi connectivity index (χ0v) is 20.6. The molecule has 1 rings (SSSR count). The number of carbonyl (C=O) groups excluding carboxylic acids is 2. The molecule has 0 radical (unpaired) electrons. The Bertz CT molecular complexity index is 723. The van der Waals surface area contributed by atoms with Gasteiger partial charge in [0.2, 0.25) is 0 Å². The Morgan fingerprint density at radius 1 is 1.07 bits per heavy atom. The van der Waals surface area contributed by atoms with Crippen LogP contribution in [0.15, 0.2) is 23.2 Å². The van der Waals surface area contributed by atoms with Crippen LogP contribution in [0.2, 0.25) is 0 Å². The maximum absolute atomic E-state index is 13.5. The highest BCUT2D eigenvalue weighted by Gasteiger charge is 2.15. The van der Waals surface area contributed by atoms with Gasteiger partial charge in [-0.2, -0.15) is 0 Å². The molecule has 0 fully saturated rings. The minimum atomic E-state index is -0.539. The lowest BCUT2D eigenvalue weighted by atomic mass is 10.1. The number of amides is 2. The van der Waals surface area contributed by atoms with Gasteiger partial charge in [-0.15, -0.1) is 24.0 Å². The van der Waals surface area contributed by atoms with Crippen molar-refractivity contribution < 1.29 is 18.7 Å². The van der Waals surface area contributed by atoms with Crippen LogP contribution in [0, 0.1) is 12.7 Å². The highest BCUT2D eigenvalue weighted by molar-refractivity contribution is 14.0. The Hall–Kier alpha value is -2.11. The molecule has 30 heavy (non-hydrogen) atoms. The van der Waals surface area contributed by atoms with Crippen LogP contribution in [0.1, 0.15) is 43.6 Å². The average Bonchev–Trinajstić information content (AvgIpc) is 2.62. The molecular weight excluding hydrogens is 504 g/mol. The summed E-state index contributed by atoms with van der Waals surface area (Å²) in [5, 5.41) is 11.5. The number of guanidine groups is 1. The molecule has 0 saturated heterocycles. The molecule has 0 unspecified atom stereocenters. The Balaban J connectivity index is 0.00000841. The van der Waals surface area contributed by atoms with Crippen LogP contribution in [-0.4, -0.2) is 56.3 Å². The van der Waals surface area contributed by atoms with Crippen molar-refractivity contribution in [3.63, 3.8) is 0 Å². The Labute approximate surface area is 194 Å². The maximum atomic E-state index is 13.5. The number of alkyl carbamates (subject to hydrolysis) is 1. The topological polar surface area (TPSA) is 104 Å². The van der Waals surface area contributed by atoms with Crippen molar-refractivity contribution >= 4 is 41.9 Å². The second kappa shape index (κ2) is 14.0. The third-order valence-corrected chi connectivity index (χ3v) is 3.53. The molecule has 0 spiro atoms. The fourth-order valence-electron chi connectivity index (χ4n) is 2.17. The smallest absolute Gasteiger partial charge is 0.407 e. The molecule has 0 aliphatic rings. The van der Waals surface area contributed by atoms with E-state index in [-0.39, 0.29) is 35.4 Å². The van der Waals surface area contributed by atoms with Crippen molar-refractivity contribution in [2.24, 2.45) is 4.99 Å². The number of nitrogens with one attached hydrogen (secondary N) is 4. The third kappa shape index (κ3) is 11.8. The largest absolute Gasteiger partial charge is 0.444 e. The van der Waals surface area contributed by atoms with E-state index >= 15 is 0 Å². The van der Waals surface area contributed by atoms with Gasteiger partial charge in [-0.25, -0.2) is 9.18 Å². The van der Waals surface area contributed by atoms with Crippen LogP contribution in [-0.2, 0) is 4.74 Å². The lowest BCUT2D eigenvalue weighted by Gasteiger charge is -2.19. The van der Waals surface area contributed by atoms with E-state index in [0.717, 1.165) is 0 Å². The molecule has 0 aliphatic heterocycles. The summed E-state index contributed by atoms with van der Waals surface area (Å²) >= 11 is 0. The number of nitrogens with zero attached hydrogens (tertiary/aromatic N) is 1. The minimum absolute atomic E-state index is 0. The Kier molecular flexibility index (Phi) is 13.0. The third-order valence-electron chi connectivity index (χ3n) is 3.53. The first-order chi connectivity index (χ1) is 13.6. The number of halogens is 2. The predicted molar refractivity (Wildman–Crippen MR) is 127 cm³/mol. The van der Waals surface area contributed by atoms with Crippen LogP contribution in [0.25, 0.3) is 0 Å². The molecule has 10 heteroatoms. The van der Waals surface area contributed by atoms with Crippen molar-refractivity contribution in [3.05, 3.63) is 35.1 Å². The number of rotatable bonds is 8. The van der Waals surface area contributed by atoms with Gasteiger partial charge in [0.15, 0.2) is 5.96 Å². The first kappa shape index (κ1) is 27.9. The predicted octanol–water partition coefficient (Wildman–Crippen LogP) is 2.56. The summed E-state index contributed by atoms with van der Waals surface area (Å²) in [6, 6.07) is 4.37. The minimum Gasteiger partial charge on any atom is -0.444 e. The number of benzene rings is 1. The van der Waals surface area contributed by atoms with Gasteiger partial charge in [0.05, 0.1) is 6.54 Å². The fourth-order valence-corrected chi connectivity index (χ4v) is 2.17. The van der Waals surface area contributed by atoms with Gasteiger partial charge < -0.3 is 26.0 Å². The van der Waals surface area contributed by atoms with E-state index in [9.17, 15) is 14.0 Å². The van der Waals surface area contributed by atoms with Crippen molar-refractivity contribution in [1.29, 1.82) is 0 Å². The molecule has 1 aromatic carbocycles. The molecule has 2 amide bonds. The number of ether oxygens (including phenoxy) is 1. The van der Waals surface area contributed by atoms with E-state index in [4.69, 9.17) is 4.74 Å². The second-order valence-electron chi connectivity index (χ2n) is 7.34. The van der Waals surface area contributed by atoms with Crippen LogP contribution in [0.3, 0.4) is 0 Å². The normalized spacial score (nSPS) is 11.2. The number of hydrogen-bond acceptors (Lipinski definition) is 4. The SMILES string of the molecule is CCNC(=NCCNC(=O)c1ccc(C)c(F)c1)NCCNC(=O)OC(C)(C)C.I. The molecule has 0 bridgehead atoms. The van der Waals surface area contributed by atoms with Crippen LogP contribution < -0.4 is 21.3 Å². The van der Waals surface area contributed by atoms with Gasteiger partial charge in [-0.05, 0) is 52.3 Å². The van der Waals surface area contributed by atoms with E-state index in [2.05, 4.69) is 26.3 Å². The quantitative estimate of drug-likeness (QED) is 0.177. The summed E-state index contributed by atoms with van der Waals surface area (Å²) in [5.41, 5.74) is 0.229. The summed E-state index contributed by atoms with van der Waals surface area (Å²) in [5.74, 6) is -0.193. The molecule has 8 nitrogen and oxygen atoms in total. The Morgan fingerprint density at radius 3 is 2.33 bits per heavy atom. The summed E-state index contributed by atoms with van der Waals surface area (Å²) in [6.07, 6.45) is -0.475. The molecule has 0 aliphatic carbocycles. The van der Waals surface area contributed by atoms with Crippen molar-refractivity contribution in [2.75, 3.05) is 32.7 Å². The first-order valence-electron chi connectivity index (χ1n) is 9.65. The van der Waals surface area contributed by atoms with E-state index in [0.29, 0.717) is 44.2 Å². The lowest BCUT2D eigenvalue weighted by Crippen LogP contribution is -2.42. The molecular formula is C20H33FIN5O3. The number of aryl methyl sites for hydroxylation is 1. The highest BCUT2D eigenvalue weighted by atomic mass is 127. The zero-order valence-electron chi connectivity index (χ0n) is 18.2. The summed E-state index contributed by atoms with van der Waals surface area (Å²) in [6.45, 7) is 11.1. The zero-order chi connectivity index (χ0) is 21.9. The van der Waals surface area contributed by atoms with E-state index in [1.54, 1.807) is 39.8 Å². The molecule has 4 N–H and O–H groups in total. The monoisotopic (exact) mass is 537 g/mol. The molecule has 0 aromatic heterocycles. The van der Waals surface area contributed by atoms with Gasteiger partial charge in [0, 0.05) is 31.7 Å². The van der Waals surface area contributed by atoms with Gasteiger partial charge >= 0.3 is 6.09 Å². The van der Waals surface area contributed by atoms with E-state index in [1.165, 1.54) is 6.07 Å². The van der Waals surface area contributed by atoms with Crippen molar-refractivity contribution in [1.82, 2.24) is 21.3 Å². The number of hydrogen-bond donors (Lipinski definition) is 4. The van der Waals surface area contributed by atoms with Gasteiger partial charge in [0.1, 0.15) is 11.4 Å².